The Hall–Kier alpha value is -2.73. The summed E-state index contributed by atoms with van der Waals surface area (Å²) in [6.07, 6.45) is 2.68. The molecule has 2 aromatic rings. The highest BCUT2D eigenvalue weighted by Crippen LogP contribution is 2.20. The van der Waals surface area contributed by atoms with Crippen molar-refractivity contribution in [2.24, 2.45) is 0 Å². The molecule has 2 heterocycles. The lowest BCUT2D eigenvalue weighted by Crippen LogP contribution is -2.37. The number of aromatic nitrogens is 1. The second-order valence-corrected chi connectivity index (χ2v) is 7.36. The van der Waals surface area contributed by atoms with Crippen LogP contribution < -0.4 is 5.32 Å². The second kappa shape index (κ2) is 8.97. The van der Waals surface area contributed by atoms with Gasteiger partial charge in [0.05, 0.1) is 0 Å². The maximum atomic E-state index is 12.9. The Labute approximate surface area is 166 Å². The number of benzene rings is 1. The van der Waals surface area contributed by atoms with Gasteiger partial charge in [0.1, 0.15) is 5.69 Å². The first-order valence-corrected chi connectivity index (χ1v) is 9.81. The molecule has 2 amide bonds. The van der Waals surface area contributed by atoms with Crippen molar-refractivity contribution in [3.05, 3.63) is 53.9 Å². The summed E-state index contributed by atoms with van der Waals surface area (Å²) >= 11 is 0. The van der Waals surface area contributed by atoms with Gasteiger partial charge in [0.15, 0.2) is 0 Å². The van der Waals surface area contributed by atoms with Crippen molar-refractivity contribution in [1.29, 1.82) is 0 Å². The average Bonchev–Trinajstić information content (AvgIpc) is 2.99. The molecule has 1 aliphatic rings. The minimum atomic E-state index is -0.207. The molecule has 0 unspecified atom stereocenters. The van der Waals surface area contributed by atoms with E-state index in [1.54, 1.807) is 19.3 Å². The molecule has 3 rings (SSSR count). The molecule has 0 saturated carbocycles. The van der Waals surface area contributed by atoms with Crippen molar-refractivity contribution < 1.29 is 9.59 Å². The number of hydrogen-bond acceptors (Lipinski definition) is 4. The highest BCUT2D eigenvalue weighted by atomic mass is 16.2. The summed E-state index contributed by atoms with van der Waals surface area (Å²) in [5, 5.41) is 2.56. The van der Waals surface area contributed by atoms with Crippen LogP contribution in [0.1, 0.15) is 41.1 Å². The van der Waals surface area contributed by atoms with E-state index in [0.717, 1.165) is 43.7 Å². The number of amides is 2. The van der Waals surface area contributed by atoms with Gasteiger partial charge in [-0.2, -0.15) is 0 Å². The van der Waals surface area contributed by atoms with Crippen molar-refractivity contribution in [2.45, 2.75) is 26.3 Å². The highest BCUT2D eigenvalue weighted by molar-refractivity contribution is 5.95. The maximum Gasteiger partial charge on any atom is 0.269 e. The minimum absolute atomic E-state index is 0.0882. The summed E-state index contributed by atoms with van der Waals surface area (Å²) in [7, 11) is 1.58. The Morgan fingerprint density at radius 3 is 2.29 bits per heavy atom. The number of carbonyl (C=O) groups excluding carboxylic acids is 2. The summed E-state index contributed by atoms with van der Waals surface area (Å²) in [5.74, 6) is -0.119. The number of nitrogens with zero attached hydrogens (tertiary/aromatic N) is 3. The molecule has 0 bridgehead atoms. The Kier molecular flexibility index (Phi) is 6.41. The van der Waals surface area contributed by atoms with Crippen LogP contribution in [0.3, 0.4) is 0 Å². The fourth-order valence-corrected chi connectivity index (χ4v) is 3.47. The SMILES string of the molecule is CNC(=O)c1ccc(-c2ccc(C(=O)N3CCCN(C(C)C)CC3)cc2)cn1. The molecule has 0 spiro atoms. The first kappa shape index (κ1) is 20.0. The standard InChI is InChI=1S/C22H28N4O2/c1-16(2)25-11-4-12-26(14-13-25)22(28)18-7-5-17(6-8-18)19-9-10-20(24-15-19)21(27)23-3/h5-10,15-16H,4,11-14H2,1-3H3,(H,23,27). The van der Waals surface area contributed by atoms with Crippen molar-refractivity contribution in [3.8, 4) is 11.1 Å². The Morgan fingerprint density at radius 1 is 0.964 bits per heavy atom. The van der Waals surface area contributed by atoms with E-state index in [-0.39, 0.29) is 11.8 Å². The van der Waals surface area contributed by atoms with Gasteiger partial charge in [-0.3, -0.25) is 19.5 Å². The largest absolute Gasteiger partial charge is 0.354 e. The molecule has 1 aromatic heterocycles. The van der Waals surface area contributed by atoms with E-state index < -0.39 is 0 Å². The smallest absolute Gasteiger partial charge is 0.269 e. The zero-order valence-corrected chi connectivity index (χ0v) is 16.8. The van der Waals surface area contributed by atoms with E-state index in [1.165, 1.54) is 0 Å². The van der Waals surface area contributed by atoms with E-state index in [0.29, 0.717) is 17.3 Å². The van der Waals surface area contributed by atoms with Gasteiger partial charge < -0.3 is 10.2 Å². The summed E-state index contributed by atoms with van der Waals surface area (Å²) in [6, 6.07) is 11.7. The molecular weight excluding hydrogens is 352 g/mol. The molecular formula is C22H28N4O2. The normalized spacial score (nSPS) is 15.4. The van der Waals surface area contributed by atoms with Crippen molar-refractivity contribution in [3.63, 3.8) is 0 Å². The van der Waals surface area contributed by atoms with E-state index >= 15 is 0 Å². The van der Waals surface area contributed by atoms with Gasteiger partial charge in [-0.15, -0.1) is 0 Å². The zero-order chi connectivity index (χ0) is 20.1. The van der Waals surface area contributed by atoms with E-state index in [2.05, 4.69) is 29.0 Å². The number of pyridine rings is 1. The van der Waals surface area contributed by atoms with Crippen LogP contribution in [0.2, 0.25) is 0 Å². The third kappa shape index (κ3) is 4.57. The highest BCUT2D eigenvalue weighted by Gasteiger charge is 2.21. The molecule has 28 heavy (non-hydrogen) atoms. The molecule has 0 radical (unpaired) electrons. The third-order valence-corrected chi connectivity index (χ3v) is 5.24. The van der Waals surface area contributed by atoms with Crippen molar-refractivity contribution >= 4 is 11.8 Å². The molecule has 1 fully saturated rings. The van der Waals surface area contributed by atoms with Gasteiger partial charge in [0.2, 0.25) is 0 Å². The first-order valence-electron chi connectivity index (χ1n) is 9.81. The second-order valence-electron chi connectivity index (χ2n) is 7.36. The lowest BCUT2D eigenvalue weighted by atomic mass is 10.0. The first-order chi connectivity index (χ1) is 13.5. The Bertz CT molecular complexity index is 815. The van der Waals surface area contributed by atoms with Crippen LogP contribution in [-0.4, -0.2) is 65.9 Å². The summed E-state index contributed by atoms with van der Waals surface area (Å²) in [6.45, 7) is 7.93. The minimum Gasteiger partial charge on any atom is -0.354 e. The van der Waals surface area contributed by atoms with Crippen LogP contribution in [0.25, 0.3) is 11.1 Å². The predicted octanol–water partition coefficient (Wildman–Crippen LogP) is 2.66. The number of carbonyl (C=O) groups is 2. The molecule has 6 heteroatoms. The topological polar surface area (TPSA) is 65.5 Å². The number of rotatable bonds is 4. The summed E-state index contributed by atoms with van der Waals surface area (Å²) < 4.78 is 0. The van der Waals surface area contributed by atoms with Gasteiger partial charge in [-0.25, -0.2) is 0 Å². The van der Waals surface area contributed by atoms with Gasteiger partial charge in [-0.05, 0) is 44.0 Å². The zero-order valence-electron chi connectivity index (χ0n) is 16.8. The van der Waals surface area contributed by atoms with Crippen LogP contribution >= 0.6 is 0 Å². The van der Waals surface area contributed by atoms with Gasteiger partial charge in [0.25, 0.3) is 11.8 Å². The lowest BCUT2D eigenvalue weighted by Gasteiger charge is -2.25. The van der Waals surface area contributed by atoms with Crippen molar-refractivity contribution in [2.75, 3.05) is 33.2 Å². The van der Waals surface area contributed by atoms with Crippen LogP contribution in [0.4, 0.5) is 0 Å². The molecule has 1 saturated heterocycles. The van der Waals surface area contributed by atoms with Crippen LogP contribution in [0, 0.1) is 0 Å². The third-order valence-electron chi connectivity index (χ3n) is 5.24. The molecule has 0 aliphatic carbocycles. The van der Waals surface area contributed by atoms with Crippen LogP contribution in [0.15, 0.2) is 42.6 Å². The fraction of sp³-hybridized carbons (Fsp3) is 0.409. The monoisotopic (exact) mass is 380 g/mol. The van der Waals surface area contributed by atoms with Crippen LogP contribution in [-0.2, 0) is 0 Å². The predicted molar refractivity (Wildman–Crippen MR) is 110 cm³/mol. The van der Waals surface area contributed by atoms with E-state index in [4.69, 9.17) is 0 Å². The number of hydrogen-bond donors (Lipinski definition) is 1. The quantitative estimate of drug-likeness (QED) is 0.886. The summed E-state index contributed by atoms with van der Waals surface area (Å²) in [5.41, 5.74) is 2.97. The van der Waals surface area contributed by atoms with Gasteiger partial charge >= 0.3 is 0 Å². The molecule has 1 aromatic carbocycles. The Balaban J connectivity index is 1.68. The van der Waals surface area contributed by atoms with Gasteiger partial charge in [0, 0.05) is 56.6 Å². The fourth-order valence-electron chi connectivity index (χ4n) is 3.47. The summed E-state index contributed by atoms with van der Waals surface area (Å²) in [4.78, 5) is 33.0. The van der Waals surface area contributed by atoms with E-state index in [9.17, 15) is 9.59 Å². The van der Waals surface area contributed by atoms with Crippen molar-refractivity contribution in [1.82, 2.24) is 20.1 Å². The Morgan fingerprint density at radius 2 is 1.68 bits per heavy atom. The average molecular weight is 380 g/mol. The molecule has 6 nitrogen and oxygen atoms in total. The molecule has 1 aliphatic heterocycles. The van der Waals surface area contributed by atoms with Crippen LogP contribution in [0.5, 0.6) is 0 Å². The van der Waals surface area contributed by atoms with E-state index in [1.807, 2.05) is 35.2 Å². The molecule has 1 N–H and O–H groups in total. The molecule has 0 atom stereocenters. The van der Waals surface area contributed by atoms with Gasteiger partial charge in [-0.1, -0.05) is 18.2 Å². The number of nitrogens with one attached hydrogen (secondary N) is 1. The lowest BCUT2D eigenvalue weighted by molar-refractivity contribution is 0.0759. The maximum absolute atomic E-state index is 12.9. The molecule has 148 valence electrons.